The Kier molecular flexibility index (Phi) is 4.19. The number of piperidine rings is 2. The second kappa shape index (κ2) is 6.43. The summed E-state index contributed by atoms with van der Waals surface area (Å²) in [6.07, 6.45) is -1.44. The number of anilines is 2. The lowest BCUT2D eigenvalue weighted by molar-refractivity contribution is -0.141. The standard InChI is InChI=1S/C19H22F4N4O2/c20-16(21)13-2-4-27(13)18-24-15-11(1-3-19(15,22)23)17(25-18)26-7-9-5-10(8-26)12(9)6-14(28)29/h9-10,12-13,16H,1-8H2,(H,28,29)/t9-,10+,12+,13-/m1/s1. The second-order valence-corrected chi connectivity index (χ2v) is 8.69. The van der Waals surface area contributed by atoms with Crippen molar-refractivity contribution in [3.63, 3.8) is 0 Å². The van der Waals surface area contributed by atoms with Crippen molar-refractivity contribution >= 4 is 17.7 Å². The molecule has 6 rings (SSSR count). The van der Waals surface area contributed by atoms with E-state index in [0.717, 1.165) is 6.42 Å². The quantitative estimate of drug-likeness (QED) is 0.748. The molecular formula is C19H22F4N4O2. The number of carboxylic acids is 1. The SMILES string of the molecule is O=C(O)C[C@H]1[C@@H]2C[C@H]1CN(c1nc(N3CC[C@@H]3C(F)F)nc3c1CCC3(F)F)C2. The van der Waals surface area contributed by atoms with Crippen LogP contribution >= 0.6 is 0 Å². The zero-order chi connectivity index (χ0) is 20.5. The molecule has 4 heterocycles. The maximum Gasteiger partial charge on any atom is 0.303 e. The van der Waals surface area contributed by atoms with Gasteiger partial charge >= 0.3 is 5.97 Å². The van der Waals surface area contributed by atoms with Crippen molar-refractivity contribution in [1.82, 2.24) is 9.97 Å². The smallest absolute Gasteiger partial charge is 0.303 e. The summed E-state index contributed by atoms with van der Waals surface area (Å²) in [6, 6.07) is -1.04. The zero-order valence-corrected chi connectivity index (χ0v) is 15.7. The summed E-state index contributed by atoms with van der Waals surface area (Å²) in [5.74, 6) is -3.03. The second-order valence-electron chi connectivity index (χ2n) is 8.69. The van der Waals surface area contributed by atoms with Gasteiger partial charge in [0.1, 0.15) is 11.5 Å². The number of aliphatic carboxylic acids is 1. The Morgan fingerprint density at radius 3 is 2.55 bits per heavy atom. The van der Waals surface area contributed by atoms with Crippen LogP contribution in [-0.4, -0.2) is 53.1 Å². The van der Waals surface area contributed by atoms with Gasteiger partial charge in [-0.3, -0.25) is 4.79 Å². The number of fused-ring (bicyclic) bond motifs is 3. The Hall–Kier alpha value is -2.13. The van der Waals surface area contributed by atoms with Crippen molar-refractivity contribution in [2.75, 3.05) is 29.4 Å². The number of carboxylic acid groups (broad SMARTS) is 1. The molecule has 0 spiro atoms. The molecule has 0 aromatic carbocycles. The molecule has 6 nitrogen and oxygen atoms in total. The highest BCUT2D eigenvalue weighted by Crippen LogP contribution is 2.50. The summed E-state index contributed by atoms with van der Waals surface area (Å²) < 4.78 is 55.3. The van der Waals surface area contributed by atoms with Gasteiger partial charge in [-0.2, -0.15) is 13.8 Å². The Balaban J connectivity index is 1.47. The molecule has 3 aliphatic heterocycles. The average Bonchev–Trinajstić information content (AvgIpc) is 2.93. The number of aromatic nitrogens is 2. The highest BCUT2D eigenvalue weighted by Gasteiger charge is 2.50. The zero-order valence-electron chi connectivity index (χ0n) is 15.7. The monoisotopic (exact) mass is 414 g/mol. The molecule has 4 atom stereocenters. The van der Waals surface area contributed by atoms with Crippen molar-refractivity contribution in [3.05, 3.63) is 11.3 Å². The average molecular weight is 414 g/mol. The molecule has 2 bridgehead atoms. The Morgan fingerprint density at radius 2 is 1.97 bits per heavy atom. The number of carbonyl (C=O) groups is 1. The summed E-state index contributed by atoms with van der Waals surface area (Å²) in [5, 5.41) is 9.09. The molecular weight excluding hydrogens is 392 g/mol. The molecule has 2 aliphatic carbocycles. The molecule has 0 unspecified atom stereocenters. The van der Waals surface area contributed by atoms with Crippen LogP contribution in [0.25, 0.3) is 0 Å². The molecule has 29 heavy (non-hydrogen) atoms. The van der Waals surface area contributed by atoms with Gasteiger partial charge in [-0.05, 0) is 37.0 Å². The fourth-order valence-corrected chi connectivity index (χ4v) is 5.40. The van der Waals surface area contributed by atoms with Crippen LogP contribution in [0.1, 0.15) is 36.9 Å². The number of alkyl halides is 4. The number of hydrogen-bond acceptors (Lipinski definition) is 5. The minimum Gasteiger partial charge on any atom is -0.481 e. The van der Waals surface area contributed by atoms with E-state index < -0.39 is 24.4 Å². The van der Waals surface area contributed by atoms with E-state index in [4.69, 9.17) is 5.11 Å². The van der Waals surface area contributed by atoms with Crippen molar-refractivity contribution in [1.29, 1.82) is 0 Å². The van der Waals surface area contributed by atoms with Gasteiger partial charge in [0.2, 0.25) is 5.95 Å². The number of hydrogen-bond donors (Lipinski definition) is 1. The summed E-state index contributed by atoms with van der Waals surface area (Å²) >= 11 is 0. The van der Waals surface area contributed by atoms with Crippen LogP contribution in [0, 0.1) is 17.8 Å². The summed E-state index contributed by atoms with van der Waals surface area (Å²) in [7, 11) is 0. The molecule has 1 N–H and O–H groups in total. The van der Waals surface area contributed by atoms with Gasteiger partial charge in [-0.1, -0.05) is 0 Å². The van der Waals surface area contributed by atoms with Gasteiger partial charge in [-0.25, -0.2) is 13.8 Å². The van der Waals surface area contributed by atoms with Crippen LogP contribution in [0.4, 0.5) is 29.3 Å². The Morgan fingerprint density at radius 1 is 1.24 bits per heavy atom. The summed E-state index contributed by atoms with van der Waals surface area (Å²) in [4.78, 5) is 22.8. The van der Waals surface area contributed by atoms with Gasteiger partial charge < -0.3 is 14.9 Å². The van der Waals surface area contributed by atoms with Gasteiger partial charge in [0.25, 0.3) is 12.3 Å². The lowest BCUT2D eigenvalue weighted by Gasteiger charge is -2.54. The molecule has 1 aromatic heterocycles. The maximum absolute atomic E-state index is 14.5. The van der Waals surface area contributed by atoms with E-state index in [0.29, 0.717) is 31.0 Å². The van der Waals surface area contributed by atoms with E-state index in [1.165, 1.54) is 4.90 Å². The van der Waals surface area contributed by atoms with Crippen LogP contribution < -0.4 is 9.80 Å². The summed E-state index contributed by atoms with van der Waals surface area (Å²) in [6.45, 7) is 1.44. The lowest BCUT2D eigenvalue weighted by Crippen LogP contribution is -2.56. The molecule has 1 aromatic rings. The minimum absolute atomic E-state index is 0.0433. The third-order valence-corrected chi connectivity index (χ3v) is 7.06. The third kappa shape index (κ3) is 2.93. The molecule has 1 saturated carbocycles. The van der Waals surface area contributed by atoms with Gasteiger partial charge in [0.15, 0.2) is 0 Å². The third-order valence-electron chi connectivity index (χ3n) is 7.06. The molecule has 10 heteroatoms. The number of nitrogens with zero attached hydrogens (tertiary/aromatic N) is 4. The fraction of sp³-hybridized carbons (Fsp3) is 0.737. The van der Waals surface area contributed by atoms with Crippen molar-refractivity contribution in [2.45, 2.75) is 50.5 Å². The first-order chi connectivity index (χ1) is 13.7. The van der Waals surface area contributed by atoms with E-state index >= 15 is 0 Å². The van der Waals surface area contributed by atoms with E-state index in [9.17, 15) is 22.4 Å². The van der Waals surface area contributed by atoms with E-state index in [-0.39, 0.29) is 55.1 Å². The highest BCUT2D eigenvalue weighted by molar-refractivity contribution is 5.67. The Labute approximate surface area is 164 Å². The first kappa shape index (κ1) is 18.9. The Bertz CT molecular complexity index is 840. The van der Waals surface area contributed by atoms with Gasteiger partial charge in [-0.15, -0.1) is 0 Å². The highest BCUT2D eigenvalue weighted by atomic mass is 19.3. The number of halogens is 4. The first-order valence-electron chi connectivity index (χ1n) is 10.1. The van der Waals surface area contributed by atoms with E-state index in [1.54, 1.807) is 0 Å². The molecule has 0 radical (unpaired) electrons. The topological polar surface area (TPSA) is 69.6 Å². The molecule has 0 amide bonds. The predicted molar refractivity (Wildman–Crippen MR) is 95.6 cm³/mol. The van der Waals surface area contributed by atoms with Crippen molar-refractivity contribution in [2.24, 2.45) is 17.8 Å². The molecule has 4 fully saturated rings. The summed E-state index contributed by atoms with van der Waals surface area (Å²) in [5.41, 5.74) is 0.0719. The maximum atomic E-state index is 14.5. The van der Waals surface area contributed by atoms with Crippen LogP contribution in [-0.2, 0) is 17.1 Å². The van der Waals surface area contributed by atoms with Crippen molar-refractivity contribution < 1.29 is 27.5 Å². The molecule has 3 saturated heterocycles. The van der Waals surface area contributed by atoms with Crippen LogP contribution in [0.3, 0.4) is 0 Å². The van der Waals surface area contributed by atoms with Gasteiger partial charge in [0, 0.05) is 38.0 Å². The van der Waals surface area contributed by atoms with Crippen LogP contribution in [0.15, 0.2) is 0 Å². The lowest BCUT2D eigenvalue weighted by atomic mass is 9.60. The fourth-order valence-electron chi connectivity index (χ4n) is 5.40. The minimum atomic E-state index is -3.09. The van der Waals surface area contributed by atoms with Gasteiger partial charge in [0.05, 0.1) is 6.04 Å². The van der Waals surface area contributed by atoms with Crippen molar-refractivity contribution in [3.8, 4) is 0 Å². The number of rotatable bonds is 5. The molecule has 5 aliphatic rings. The largest absolute Gasteiger partial charge is 0.481 e. The van der Waals surface area contributed by atoms with E-state index in [2.05, 4.69) is 9.97 Å². The normalized spacial score (nSPS) is 32.0. The predicted octanol–water partition coefficient (Wildman–Crippen LogP) is 2.91. The van der Waals surface area contributed by atoms with E-state index in [1.807, 2.05) is 4.90 Å². The first-order valence-corrected chi connectivity index (χ1v) is 10.1. The van der Waals surface area contributed by atoms with Crippen LogP contribution in [0.2, 0.25) is 0 Å². The van der Waals surface area contributed by atoms with Crippen LogP contribution in [0.5, 0.6) is 0 Å². The molecule has 158 valence electrons.